The number of methoxy groups -OCH3 is 1. The van der Waals surface area contributed by atoms with Crippen molar-refractivity contribution in [3.8, 4) is 12.3 Å². The van der Waals surface area contributed by atoms with Crippen LogP contribution < -0.4 is 10.5 Å². The van der Waals surface area contributed by atoms with E-state index in [1.807, 2.05) is 6.07 Å². The topological polar surface area (TPSA) is 45.3 Å². The summed E-state index contributed by atoms with van der Waals surface area (Å²) in [5.74, 6) is 3.03. The third kappa shape index (κ3) is 3.17. The first-order valence-electron chi connectivity index (χ1n) is 8.85. The van der Waals surface area contributed by atoms with Crippen LogP contribution in [-0.2, 0) is 4.74 Å². The van der Waals surface area contributed by atoms with E-state index in [0.29, 0.717) is 11.5 Å². The highest BCUT2D eigenvalue weighted by molar-refractivity contribution is 5.95. The number of aromatic amines is 1. The lowest BCUT2D eigenvalue weighted by molar-refractivity contribution is -0.0132. The normalized spacial score (nSPS) is 17.0. The molecule has 1 saturated heterocycles. The van der Waals surface area contributed by atoms with E-state index in [1.54, 1.807) is 7.11 Å². The second-order valence-corrected chi connectivity index (χ2v) is 7.42. The van der Waals surface area contributed by atoms with Gasteiger partial charge in [0.2, 0.25) is 0 Å². The predicted molar refractivity (Wildman–Crippen MR) is 103 cm³/mol. The number of nitrogens with one attached hydrogen (secondary N) is 1. The van der Waals surface area contributed by atoms with E-state index >= 15 is 0 Å². The highest BCUT2D eigenvalue weighted by Crippen LogP contribution is 2.34. The highest BCUT2D eigenvalue weighted by atomic mass is 16.5. The molecule has 0 bridgehead atoms. The Balaban J connectivity index is 2.16. The molecule has 1 aliphatic rings. The number of fused-ring (bicyclic) bond motifs is 1. The van der Waals surface area contributed by atoms with Crippen LogP contribution in [0.2, 0.25) is 0 Å². The van der Waals surface area contributed by atoms with Crippen LogP contribution in [0, 0.1) is 12.3 Å². The van der Waals surface area contributed by atoms with Crippen molar-refractivity contribution in [2.75, 3.05) is 25.1 Å². The second kappa shape index (κ2) is 6.57. The number of piperidine rings is 1. The van der Waals surface area contributed by atoms with Crippen molar-refractivity contribution in [2.24, 2.45) is 0 Å². The van der Waals surface area contributed by atoms with Crippen LogP contribution in [0.25, 0.3) is 10.9 Å². The third-order valence-electron chi connectivity index (χ3n) is 5.45. The Kier molecular flexibility index (Phi) is 4.62. The Bertz CT molecular complexity index is 881. The van der Waals surface area contributed by atoms with Crippen molar-refractivity contribution in [1.29, 1.82) is 0 Å². The molecule has 2 heterocycles. The molecule has 4 heteroatoms. The van der Waals surface area contributed by atoms with Gasteiger partial charge in [-0.25, -0.2) is 0 Å². The molecule has 0 unspecified atom stereocenters. The van der Waals surface area contributed by atoms with Crippen LogP contribution in [-0.4, -0.2) is 30.8 Å². The molecule has 1 aromatic heterocycles. The Labute approximate surface area is 149 Å². The van der Waals surface area contributed by atoms with Crippen LogP contribution in [0.5, 0.6) is 0 Å². The van der Waals surface area contributed by atoms with Crippen molar-refractivity contribution in [2.45, 2.75) is 45.1 Å². The molecule has 3 rings (SSSR count). The highest BCUT2D eigenvalue weighted by Gasteiger charge is 2.31. The largest absolute Gasteiger partial charge is 0.378 e. The number of benzene rings is 1. The van der Waals surface area contributed by atoms with Crippen LogP contribution in [0.3, 0.4) is 0 Å². The number of hydrogen-bond acceptors (Lipinski definition) is 3. The number of aromatic nitrogens is 1. The summed E-state index contributed by atoms with van der Waals surface area (Å²) in [5, 5.41) is 1.03. The summed E-state index contributed by atoms with van der Waals surface area (Å²) in [5.41, 5.74) is 3.09. The molecule has 0 saturated carbocycles. The van der Waals surface area contributed by atoms with Crippen LogP contribution in [0.1, 0.15) is 50.7 Å². The van der Waals surface area contributed by atoms with Gasteiger partial charge in [0.05, 0.1) is 16.8 Å². The van der Waals surface area contributed by atoms with Gasteiger partial charge in [0.1, 0.15) is 5.56 Å². The molecule has 1 aliphatic heterocycles. The number of ether oxygens (including phenoxy) is 1. The molecule has 25 heavy (non-hydrogen) atoms. The van der Waals surface area contributed by atoms with Crippen molar-refractivity contribution >= 4 is 16.6 Å². The Morgan fingerprint density at radius 2 is 2.00 bits per heavy atom. The fourth-order valence-electron chi connectivity index (χ4n) is 3.52. The standard InChI is InChI=1S/C21H26N2O2/c1-6-16-19(23-11-9-21(4,25-5)10-12-23)17-13-15(14(2)3)7-8-18(17)22-20(16)24/h1,7-8,13-14H,9-12H2,2-5H3,(H,22,24). The van der Waals surface area contributed by atoms with E-state index in [0.717, 1.165) is 42.5 Å². The lowest BCUT2D eigenvalue weighted by atomic mass is 9.92. The molecule has 0 aliphatic carbocycles. The van der Waals surface area contributed by atoms with Crippen LogP contribution in [0.15, 0.2) is 23.0 Å². The Morgan fingerprint density at radius 1 is 1.32 bits per heavy atom. The first-order chi connectivity index (χ1) is 11.9. The molecular formula is C21H26N2O2. The number of hydrogen-bond donors (Lipinski definition) is 1. The van der Waals surface area contributed by atoms with Gasteiger partial charge >= 0.3 is 0 Å². The zero-order chi connectivity index (χ0) is 18.2. The van der Waals surface area contributed by atoms with Gasteiger partial charge in [0.15, 0.2) is 0 Å². The summed E-state index contributed by atoms with van der Waals surface area (Å²) in [7, 11) is 1.76. The molecular weight excluding hydrogens is 312 g/mol. The molecule has 4 nitrogen and oxygen atoms in total. The van der Waals surface area contributed by atoms with Crippen molar-refractivity contribution in [1.82, 2.24) is 4.98 Å². The number of H-pyrrole nitrogens is 1. The molecule has 2 aromatic rings. The summed E-state index contributed by atoms with van der Waals surface area (Å²) >= 11 is 0. The van der Waals surface area contributed by atoms with Crippen molar-refractivity contribution in [3.05, 3.63) is 39.7 Å². The summed E-state index contributed by atoms with van der Waals surface area (Å²) in [6.07, 6.45) is 7.52. The SMILES string of the molecule is C#Cc1c(N2CCC(C)(OC)CC2)c2cc(C(C)C)ccc2[nH]c1=O. The van der Waals surface area contributed by atoms with Crippen molar-refractivity contribution in [3.63, 3.8) is 0 Å². The minimum atomic E-state index is -0.192. The fraction of sp³-hybridized carbons (Fsp3) is 0.476. The summed E-state index contributed by atoms with van der Waals surface area (Å²) in [4.78, 5) is 17.7. The summed E-state index contributed by atoms with van der Waals surface area (Å²) < 4.78 is 5.65. The summed E-state index contributed by atoms with van der Waals surface area (Å²) in [6.45, 7) is 8.12. The Morgan fingerprint density at radius 3 is 2.56 bits per heavy atom. The van der Waals surface area contributed by atoms with Gasteiger partial charge in [0, 0.05) is 25.6 Å². The Hall–Kier alpha value is -2.25. The molecule has 132 valence electrons. The lowest BCUT2D eigenvalue weighted by Crippen LogP contribution is -2.44. The van der Waals surface area contributed by atoms with Gasteiger partial charge in [-0.3, -0.25) is 4.79 Å². The minimum absolute atomic E-state index is 0.104. The first-order valence-corrected chi connectivity index (χ1v) is 8.85. The number of anilines is 1. The molecule has 0 radical (unpaired) electrons. The monoisotopic (exact) mass is 338 g/mol. The fourth-order valence-corrected chi connectivity index (χ4v) is 3.52. The molecule has 1 N–H and O–H groups in total. The number of pyridine rings is 1. The molecule has 1 fully saturated rings. The van der Waals surface area contributed by atoms with E-state index in [9.17, 15) is 4.79 Å². The molecule has 1 aromatic carbocycles. The van der Waals surface area contributed by atoms with Gasteiger partial charge in [0.25, 0.3) is 5.56 Å². The van der Waals surface area contributed by atoms with E-state index in [4.69, 9.17) is 11.2 Å². The van der Waals surface area contributed by atoms with E-state index in [-0.39, 0.29) is 11.2 Å². The third-order valence-corrected chi connectivity index (χ3v) is 5.45. The van der Waals surface area contributed by atoms with E-state index in [1.165, 1.54) is 5.56 Å². The number of rotatable bonds is 3. The maximum absolute atomic E-state index is 12.5. The number of nitrogens with zero attached hydrogens (tertiary/aromatic N) is 1. The van der Waals surface area contributed by atoms with Gasteiger partial charge in [-0.1, -0.05) is 25.8 Å². The molecule has 0 spiro atoms. The maximum atomic E-state index is 12.5. The van der Waals surface area contributed by atoms with Crippen molar-refractivity contribution < 1.29 is 4.74 Å². The lowest BCUT2D eigenvalue weighted by Gasteiger charge is -2.40. The quantitative estimate of drug-likeness (QED) is 0.869. The maximum Gasteiger partial charge on any atom is 0.266 e. The predicted octanol–water partition coefficient (Wildman–Crippen LogP) is 3.64. The zero-order valence-corrected chi connectivity index (χ0v) is 15.5. The smallest absolute Gasteiger partial charge is 0.266 e. The van der Waals surface area contributed by atoms with Crippen LogP contribution >= 0.6 is 0 Å². The average molecular weight is 338 g/mol. The summed E-state index contributed by atoms with van der Waals surface area (Å²) in [6, 6.07) is 6.22. The van der Waals surface area contributed by atoms with E-state index in [2.05, 4.69) is 48.7 Å². The van der Waals surface area contributed by atoms with E-state index < -0.39 is 0 Å². The van der Waals surface area contributed by atoms with Gasteiger partial charge in [-0.05, 0) is 43.4 Å². The average Bonchev–Trinajstić information content (AvgIpc) is 2.61. The first kappa shape index (κ1) is 17.6. The molecule has 0 atom stereocenters. The molecule has 0 amide bonds. The second-order valence-electron chi connectivity index (χ2n) is 7.42. The van der Waals surface area contributed by atoms with Gasteiger partial charge in [-0.2, -0.15) is 0 Å². The minimum Gasteiger partial charge on any atom is -0.378 e. The van der Waals surface area contributed by atoms with Crippen LogP contribution in [0.4, 0.5) is 5.69 Å². The van der Waals surface area contributed by atoms with Gasteiger partial charge in [-0.15, -0.1) is 6.42 Å². The number of terminal acetylenes is 1. The van der Waals surface area contributed by atoms with Gasteiger partial charge < -0.3 is 14.6 Å². The zero-order valence-electron chi connectivity index (χ0n) is 15.5.